The number of hydrogen-bond acceptors (Lipinski definition) is 5. The van der Waals surface area contributed by atoms with Crippen molar-refractivity contribution in [3.8, 4) is 0 Å². The largest absolute Gasteiger partial charge is 0.468 e. The second-order valence-electron chi connectivity index (χ2n) is 3.61. The second kappa shape index (κ2) is 7.36. The number of carbonyl (C=O) groups is 2. The highest BCUT2D eigenvalue weighted by atomic mass is 79.9. The number of halogens is 1. The average molecular weight is 365 g/mol. The maximum absolute atomic E-state index is 11.9. The van der Waals surface area contributed by atoms with Crippen LogP contribution >= 0.6 is 15.9 Å². The molecule has 0 aliphatic rings. The molecule has 0 atom stereocenters. The molecule has 1 aromatic rings. The number of rotatable bonds is 6. The summed E-state index contributed by atoms with van der Waals surface area (Å²) in [5, 5.41) is 2.22. The number of hydrogen-bond donors (Lipinski definition) is 2. The summed E-state index contributed by atoms with van der Waals surface area (Å²) in [5.41, 5.74) is 0. The van der Waals surface area contributed by atoms with E-state index in [9.17, 15) is 18.0 Å². The van der Waals surface area contributed by atoms with Gasteiger partial charge in [0, 0.05) is 4.47 Å². The number of esters is 1. The number of amides is 1. The van der Waals surface area contributed by atoms with Gasteiger partial charge in [-0.25, -0.2) is 13.1 Å². The lowest BCUT2D eigenvalue weighted by atomic mass is 10.4. The van der Waals surface area contributed by atoms with Crippen molar-refractivity contribution in [2.24, 2.45) is 0 Å². The quantitative estimate of drug-likeness (QED) is 0.692. The van der Waals surface area contributed by atoms with Gasteiger partial charge >= 0.3 is 5.97 Å². The molecule has 1 amide bonds. The topological polar surface area (TPSA) is 102 Å². The van der Waals surface area contributed by atoms with Crippen LogP contribution in [0.1, 0.15) is 0 Å². The first kappa shape index (κ1) is 16.6. The van der Waals surface area contributed by atoms with Gasteiger partial charge in [-0.05, 0) is 28.1 Å². The molecular formula is C11H13BrN2O5S. The van der Waals surface area contributed by atoms with Crippen LogP contribution < -0.4 is 10.0 Å². The van der Waals surface area contributed by atoms with Crippen LogP contribution in [0.4, 0.5) is 0 Å². The Bertz CT molecular complexity index is 603. The van der Waals surface area contributed by atoms with Crippen molar-refractivity contribution in [3.05, 3.63) is 28.7 Å². The Morgan fingerprint density at radius 3 is 2.50 bits per heavy atom. The fraction of sp³-hybridized carbons (Fsp3) is 0.273. The van der Waals surface area contributed by atoms with Crippen molar-refractivity contribution in [1.82, 2.24) is 10.0 Å². The van der Waals surface area contributed by atoms with E-state index in [4.69, 9.17) is 0 Å². The Hall–Kier alpha value is -1.45. The Balaban J connectivity index is 2.59. The molecule has 0 bridgehead atoms. The molecule has 20 heavy (non-hydrogen) atoms. The molecule has 0 heterocycles. The smallest absolute Gasteiger partial charge is 0.325 e. The van der Waals surface area contributed by atoms with Crippen LogP contribution in [-0.2, 0) is 24.3 Å². The fourth-order valence-electron chi connectivity index (χ4n) is 1.21. The van der Waals surface area contributed by atoms with E-state index in [1.807, 2.05) is 0 Å². The normalized spacial score (nSPS) is 10.9. The van der Waals surface area contributed by atoms with E-state index in [0.717, 1.165) is 0 Å². The van der Waals surface area contributed by atoms with Crippen molar-refractivity contribution < 1.29 is 22.7 Å². The van der Waals surface area contributed by atoms with Crippen molar-refractivity contribution >= 4 is 37.8 Å². The predicted molar refractivity (Wildman–Crippen MR) is 74.4 cm³/mol. The molecule has 0 saturated heterocycles. The molecule has 0 radical (unpaired) electrons. The number of methoxy groups -OCH3 is 1. The molecule has 110 valence electrons. The molecule has 7 nitrogen and oxygen atoms in total. The van der Waals surface area contributed by atoms with Gasteiger partial charge in [-0.1, -0.05) is 12.1 Å². The number of ether oxygens (including phenoxy) is 1. The van der Waals surface area contributed by atoms with E-state index in [-0.39, 0.29) is 11.4 Å². The molecule has 2 N–H and O–H groups in total. The molecular weight excluding hydrogens is 352 g/mol. The summed E-state index contributed by atoms with van der Waals surface area (Å²) in [6.07, 6.45) is 0. The summed E-state index contributed by atoms with van der Waals surface area (Å²) < 4.78 is 30.7. The number of carbonyl (C=O) groups excluding carboxylic acids is 2. The summed E-state index contributed by atoms with van der Waals surface area (Å²) in [4.78, 5) is 22.2. The lowest BCUT2D eigenvalue weighted by Crippen LogP contribution is -2.39. The first-order chi connectivity index (χ1) is 9.36. The van der Waals surface area contributed by atoms with E-state index in [1.165, 1.54) is 13.2 Å². The lowest BCUT2D eigenvalue weighted by molar-refractivity contribution is -0.141. The van der Waals surface area contributed by atoms with E-state index in [0.29, 0.717) is 4.47 Å². The molecule has 0 fully saturated rings. The van der Waals surface area contributed by atoms with Gasteiger partial charge in [-0.15, -0.1) is 0 Å². The van der Waals surface area contributed by atoms with Gasteiger partial charge in [-0.2, -0.15) is 0 Å². The Labute approximate surface area is 124 Å². The maximum Gasteiger partial charge on any atom is 0.325 e. The SMILES string of the molecule is COC(=O)CNC(=O)CNS(=O)(=O)c1ccccc1Br. The zero-order chi connectivity index (χ0) is 15.2. The van der Waals surface area contributed by atoms with Crippen LogP contribution in [0.15, 0.2) is 33.6 Å². The Kier molecular flexibility index (Phi) is 6.11. The van der Waals surface area contributed by atoms with Crippen LogP contribution in [0.5, 0.6) is 0 Å². The summed E-state index contributed by atoms with van der Waals surface area (Å²) in [6, 6.07) is 6.22. The lowest BCUT2D eigenvalue weighted by Gasteiger charge is -2.08. The van der Waals surface area contributed by atoms with Gasteiger partial charge < -0.3 is 10.1 Å². The first-order valence-electron chi connectivity index (χ1n) is 5.44. The first-order valence-corrected chi connectivity index (χ1v) is 7.72. The maximum atomic E-state index is 11.9. The van der Waals surface area contributed by atoms with Crippen molar-refractivity contribution in [3.63, 3.8) is 0 Å². The minimum atomic E-state index is -3.80. The fourth-order valence-corrected chi connectivity index (χ4v) is 3.19. The molecule has 0 unspecified atom stereocenters. The summed E-state index contributed by atoms with van der Waals surface area (Å²) in [7, 11) is -2.62. The molecule has 0 aliphatic heterocycles. The highest BCUT2D eigenvalue weighted by Gasteiger charge is 2.18. The number of nitrogens with one attached hydrogen (secondary N) is 2. The molecule has 0 spiro atoms. The average Bonchev–Trinajstić information content (AvgIpc) is 2.42. The number of sulfonamides is 1. The molecule has 9 heteroatoms. The van der Waals surface area contributed by atoms with Gasteiger partial charge in [-0.3, -0.25) is 9.59 Å². The summed E-state index contributed by atoms with van der Waals surface area (Å²) in [5.74, 6) is -1.25. The van der Waals surface area contributed by atoms with E-state index in [2.05, 4.69) is 30.7 Å². The van der Waals surface area contributed by atoms with Crippen molar-refractivity contribution in [2.75, 3.05) is 20.2 Å². The third kappa shape index (κ3) is 4.91. The van der Waals surface area contributed by atoms with Gasteiger partial charge in [0.1, 0.15) is 6.54 Å². The van der Waals surface area contributed by atoms with Crippen LogP contribution in [-0.4, -0.2) is 40.5 Å². The van der Waals surface area contributed by atoms with Gasteiger partial charge in [0.25, 0.3) is 0 Å². The van der Waals surface area contributed by atoms with Gasteiger partial charge in [0.2, 0.25) is 15.9 Å². The van der Waals surface area contributed by atoms with Gasteiger partial charge in [0.15, 0.2) is 0 Å². The zero-order valence-corrected chi connectivity index (χ0v) is 13.0. The summed E-state index contributed by atoms with van der Waals surface area (Å²) in [6.45, 7) is -0.785. The monoisotopic (exact) mass is 364 g/mol. The second-order valence-corrected chi connectivity index (χ2v) is 6.20. The predicted octanol–water partition coefficient (Wildman–Crippen LogP) is 0.0166. The third-order valence-electron chi connectivity index (χ3n) is 2.21. The van der Waals surface area contributed by atoms with Crippen LogP contribution in [0.3, 0.4) is 0 Å². The molecule has 0 aromatic heterocycles. The molecule has 1 aromatic carbocycles. The number of benzene rings is 1. The molecule has 0 aliphatic carbocycles. The van der Waals surface area contributed by atoms with E-state index in [1.54, 1.807) is 18.2 Å². The standard InChI is InChI=1S/C11H13BrN2O5S/c1-19-11(16)7-13-10(15)6-14-20(17,18)9-5-3-2-4-8(9)12/h2-5,14H,6-7H2,1H3,(H,13,15). The van der Waals surface area contributed by atoms with Crippen LogP contribution in [0.2, 0.25) is 0 Å². The van der Waals surface area contributed by atoms with Crippen molar-refractivity contribution in [2.45, 2.75) is 4.90 Å². The Morgan fingerprint density at radius 2 is 1.90 bits per heavy atom. The van der Waals surface area contributed by atoms with Crippen LogP contribution in [0.25, 0.3) is 0 Å². The highest BCUT2D eigenvalue weighted by molar-refractivity contribution is 9.10. The van der Waals surface area contributed by atoms with Gasteiger partial charge in [0.05, 0.1) is 18.6 Å². The Morgan fingerprint density at radius 1 is 1.25 bits per heavy atom. The minimum Gasteiger partial charge on any atom is -0.468 e. The van der Waals surface area contributed by atoms with Crippen LogP contribution in [0, 0.1) is 0 Å². The van der Waals surface area contributed by atoms with E-state index < -0.39 is 28.4 Å². The summed E-state index contributed by atoms with van der Waals surface area (Å²) >= 11 is 3.12. The third-order valence-corrected chi connectivity index (χ3v) is 4.62. The highest BCUT2D eigenvalue weighted by Crippen LogP contribution is 2.20. The van der Waals surface area contributed by atoms with E-state index >= 15 is 0 Å². The molecule has 1 rings (SSSR count). The zero-order valence-electron chi connectivity index (χ0n) is 10.6. The van der Waals surface area contributed by atoms with Crippen molar-refractivity contribution in [1.29, 1.82) is 0 Å². The molecule has 0 saturated carbocycles. The minimum absolute atomic E-state index is 0.0285.